The van der Waals surface area contributed by atoms with Crippen molar-refractivity contribution in [3.8, 4) is 0 Å². The molecular weight excluding hydrogens is 300 g/mol. The number of nitrogens with zero attached hydrogens (tertiary/aromatic N) is 4. The Kier molecular flexibility index (Phi) is 5.63. The molecule has 2 aromatic rings. The highest BCUT2D eigenvalue weighted by Crippen LogP contribution is 2.27. The Morgan fingerprint density at radius 1 is 1.21 bits per heavy atom. The number of aromatic nitrogens is 3. The Hall–Kier alpha value is -1.72. The number of methoxy groups -OCH3 is 1. The molecule has 3 rings (SSSR count). The zero-order valence-corrected chi connectivity index (χ0v) is 15.0. The fourth-order valence-corrected chi connectivity index (χ4v) is 3.34. The maximum atomic E-state index is 5.20. The first kappa shape index (κ1) is 17.1. The number of hydrogen-bond donors (Lipinski definition) is 0. The van der Waals surface area contributed by atoms with E-state index in [4.69, 9.17) is 14.8 Å². The molecule has 0 radical (unpaired) electrons. The Morgan fingerprint density at radius 2 is 1.96 bits per heavy atom. The maximum Gasteiger partial charge on any atom is 0.153 e. The summed E-state index contributed by atoms with van der Waals surface area (Å²) in [6.07, 6.45) is 3.09. The number of piperidine rings is 1. The zero-order valence-electron chi connectivity index (χ0n) is 15.0. The molecule has 0 atom stereocenters. The van der Waals surface area contributed by atoms with Gasteiger partial charge in [0.1, 0.15) is 5.82 Å². The van der Waals surface area contributed by atoms with Crippen molar-refractivity contribution in [3.05, 3.63) is 47.0 Å². The van der Waals surface area contributed by atoms with Crippen molar-refractivity contribution in [3.63, 3.8) is 0 Å². The number of hydrogen-bond acceptors (Lipinski definition) is 4. The summed E-state index contributed by atoms with van der Waals surface area (Å²) in [5.41, 5.74) is 2.62. The molecule has 130 valence electrons. The molecule has 0 spiro atoms. The molecule has 0 aliphatic carbocycles. The molecule has 1 fully saturated rings. The minimum atomic E-state index is 0.508. The van der Waals surface area contributed by atoms with Crippen LogP contribution in [0.3, 0.4) is 0 Å². The molecule has 0 N–H and O–H groups in total. The van der Waals surface area contributed by atoms with Gasteiger partial charge in [-0.15, -0.1) is 0 Å². The van der Waals surface area contributed by atoms with Crippen molar-refractivity contribution in [2.75, 3.05) is 33.9 Å². The summed E-state index contributed by atoms with van der Waals surface area (Å²) in [4.78, 5) is 7.27. The van der Waals surface area contributed by atoms with Gasteiger partial charge in [0, 0.05) is 19.4 Å². The molecule has 1 saturated heterocycles. The van der Waals surface area contributed by atoms with Crippen LogP contribution < -0.4 is 0 Å². The third kappa shape index (κ3) is 4.02. The summed E-state index contributed by atoms with van der Waals surface area (Å²) >= 11 is 0. The molecule has 1 aromatic heterocycles. The van der Waals surface area contributed by atoms with Gasteiger partial charge < -0.3 is 9.64 Å². The van der Waals surface area contributed by atoms with Crippen molar-refractivity contribution in [1.82, 2.24) is 19.7 Å². The Balaban J connectivity index is 1.85. The van der Waals surface area contributed by atoms with Gasteiger partial charge >= 0.3 is 0 Å². The Bertz CT molecular complexity index is 659. The summed E-state index contributed by atoms with van der Waals surface area (Å²) in [7, 11) is 3.92. The molecule has 5 nitrogen and oxygen atoms in total. The monoisotopic (exact) mass is 328 g/mol. The van der Waals surface area contributed by atoms with Crippen LogP contribution in [0.4, 0.5) is 0 Å². The fourth-order valence-electron chi connectivity index (χ4n) is 3.34. The molecule has 0 amide bonds. The van der Waals surface area contributed by atoms with Gasteiger partial charge in [-0.1, -0.05) is 24.3 Å². The van der Waals surface area contributed by atoms with Gasteiger partial charge in [-0.05, 0) is 51.0 Å². The molecule has 5 heteroatoms. The number of rotatable bonds is 6. The Labute approximate surface area is 144 Å². The highest BCUT2D eigenvalue weighted by molar-refractivity contribution is 5.26. The standard InChI is InChI=1S/C19H28N4O/c1-15-6-4-5-7-17(15)14-23-19(16-8-11-22(2)12-9-16)20-18(21-23)10-13-24-3/h4-7,16H,8-14H2,1-3H3. The van der Waals surface area contributed by atoms with Gasteiger partial charge in [-0.2, -0.15) is 5.10 Å². The second-order valence-corrected chi connectivity index (χ2v) is 6.79. The first-order valence-electron chi connectivity index (χ1n) is 8.83. The number of ether oxygens (including phenoxy) is 1. The van der Waals surface area contributed by atoms with Crippen molar-refractivity contribution < 1.29 is 4.74 Å². The van der Waals surface area contributed by atoms with Crippen LogP contribution in [0.15, 0.2) is 24.3 Å². The summed E-state index contributed by atoms with van der Waals surface area (Å²) in [5.74, 6) is 2.56. The lowest BCUT2D eigenvalue weighted by atomic mass is 9.96. The van der Waals surface area contributed by atoms with E-state index in [2.05, 4.69) is 47.8 Å². The predicted octanol–water partition coefficient (Wildman–Crippen LogP) is 2.63. The quantitative estimate of drug-likeness (QED) is 0.817. The zero-order chi connectivity index (χ0) is 16.9. The lowest BCUT2D eigenvalue weighted by molar-refractivity contribution is 0.200. The molecule has 24 heavy (non-hydrogen) atoms. The second kappa shape index (κ2) is 7.90. The molecule has 1 aromatic carbocycles. The summed E-state index contributed by atoms with van der Waals surface area (Å²) in [6, 6.07) is 8.53. The first-order chi connectivity index (χ1) is 11.7. The van der Waals surface area contributed by atoms with Crippen LogP contribution in [0.1, 0.15) is 41.5 Å². The molecule has 1 aliphatic rings. The van der Waals surface area contributed by atoms with Crippen LogP contribution in [0.2, 0.25) is 0 Å². The molecule has 0 unspecified atom stereocenters. The van der Waals surface area contributed by atoms with Gasteiger partial charge in [-0.3, -0.25) is 0 Å². The topological polar surface area (TPSA) is 43.2 Å². The number of benzene rings is 1. The third-order valence-electron chi connectivity index (χ3n) is 4.94. The lowest BCUT2D eigenvalue weighted by Gasteiger charge is -2.28. The molecule has 2 heterocycles. The minimum absolute atomic E-state index is 0.508. The van der Waals surface area contributed by atoms with Gasteiger partial charge in [0.15, 0.2) is 5.82 Å². The number of aryl methyl sites for hydroxylation is 1. The van der Waals surface area contributed by atoms with Crippen molar-refractivity contribution in [1.29, 1.82) is 0 Å². The van der Waals surface area contributed by atoms with Crippen molar-refractivity contribution in [2.24, 2.45) is 0 Å². The average Bonchev–Trinajstić information content (AvgIpc) is 2.98. The van der Waals surface area contributed by atoms with E-state index in [0.717, 1.165) is 50.5 Å². The van der Waals surface area contributed by atoms with Crippen LogP contribution in [0.25, 0.3) is 0 Å². The maximum absolute atomic E-state index is 5.20. The SMILES string of the molecule is COCCc1nc(C2CCN(C)CC2)n(Cc2ccccc2C)n1. The summed E-state index contributed by atoms with van der Waals surface area (Å²) in [5, 5.41) is 4.79. The molecular formula is C19H28N4O. The summed E-state index contributed by atoms with van der Waals surface area (Å²) in [6.45, 7) is 5.90. The molecule has 0 saturated carbocycles. The highest BCUT2D eigenvalue weighted by Gasteiger charge is 2.24. The van der Waals surface area contributed by atoms with Gasteiger partial charge in [-0.25, -0.2) is 9.67 Å². The van der Waals surface area contributed by atoms with Crippen molar-refractivity contribution in [2.45, 2.75) is 38.6 Å². The predicted molar refractivity (Wildman–Crippen MR) is 95.4 cm³/mol. The van der Waals surface area contributed by atoms with Crippen LogP contribution in [0, 0.1) is 6.92 Å². The second-order valence-electron chi connectivity index (χ2n) is 6.79. The first-order valence-corrected chi connectivity index (χ1v) is 8.83. The van der Waals surface area contributed by atoms with E-state index in [9.17, 15) is 0 Å². The smallest absolute Gasteiger partial charge is 0.153 e. The summed E-state index contributed by atoms with van der Waals surface area (Å²) < 4.78 is 7.32. The van der Waals surface area contributed by atoms with Crippen LogP contribution in [-0.2, 0) is 17.7 Å². The van der Waals surface area contributed by atoms with Crippen LogP contribution in [-0.4, -0.2) is 53.5 Å². The van der Waals surface area contributed by atoms with Crippen molar-refractivity contribution >= 4 is 0 Å². The van der Waals surface area contributed by atoms with Gasteiger partial charge in [0.25, 0.3) is 0 Å². The molecule has 1 aliphatic heterocycles. The van der Waals surface area contributed by atoms with Crippen LogP contribution in [0.5, 0.6) is 0 Å². The largest absolute Gasteiger partial charge is 0.384 e. The highest BCUT2D eigenvalue weighted by atomic mass is 16.5. The van der Waals surface area contributed by atoms with Gasteiger partial charge in [0.05, 0.1) is 13.2 Å². The van der Waals surface area contributed by atoms with E-state index >= 15 is 0 Å². The minimum Gasteiger partial charge on any atom is -0.384 e. The fraction of sp³-hybridized carbons (Fsp3) is 0.579. The normalized spacial score (nSPS) is 16.6. The third-order valence-corrected chi connectivity index (χ3v) is 4.94. The van der Waals surface area contributed by atoms with E-state index in [1.165, 1.54) is 11.1 Å². The van der Waals surface area contributed by atoms with E-state index < -0.39 is 0 Å². The van der Waals surface area contributed by atoms with E-state index in [1.807, 2.05) is 0 Å². The van der Waals surface area contributed by atoms with E-state index in [1.54, 1.807) is 7.11 Å². The van der Waals surface area contributed by atoms with E-state index in [0.29, 0.717) is 12.5 Å². The lowest BCUT2D eigenvalue weighted by Crippen LogP contribution is -2.30. The van der Waals surface area contributed by atoms with Gasteiger partial charge in [0.2, 0.25) is 0 Å². The van der Waals surface area contributed by atoms with Crippen LogP contribution >= 0.6 is 0 Å². The average molecular weight is 328 g/mol. The van der Waals surface area contributed by atoms with E-state index in [-0.39, 0.29) is 0 Å². The molecule has 0 bridgehead atoms. The number of likely N-dealkylation sites (tertiary alicyclic amines) is 1. The Morgan fingerprint density at radius 3 is 2.67 bits per heavy atom.